The molecule has 1 aromatic rings. The normalized spacial score (nSPS) is 21.2. The van der Waals surface area contributed by atoms with Crippen molar-refractivity contribution in [3.05, 3.63) is 18.2 Å². The van der Waals surface area contributed by atoms with Gasteiger partial charge in [0.25, 0.3) is 0 Å². The maximum Gasteiger partial charge on any atom is 0.231 e. The number of carbonyl (C=O) groups excluding carboxylic acids is 1. The van der Waals surface area contributed by atoms with Crippen molar-refractivity contribution in [2.24, 2.45) is 5.41 Å². The van der Waals surface area contributed by atoms with Crippen LogP contribution in [0.15, 0.2) is 18.2 Å². The number of anilines is 1. The highest BCUT2D eigenvalue weighted by atomic mass is 16.7. The van der Waals surface area contributed by atoms with Crippen molar-refractivity contribution in [2.45, 2.75) is 20.3 Å². The Bertz CT molecular complexity index is 496. The quantitative estimate of drug-likeness (QED) is 0.762. The molecule has 0 spiro atoms. The summed E-state index contributed by atoms with van der Waals surface area (Å²) in [7, 11) is 0. The molecule has 2 aliphatic heterocycles. The van der Waals surface area contributed by atoms with Crippen LogP contribution in [0, 0.1) is 5.41 Å². The molecule has 0 saturated carbocycles. The van der Waals surface area contributed by atoms with Crippen molar-refractivity contribution in [1.82, 2.24) is 0 Å². The van der Waals surface area contributed by atoms with Crippen LogP contribution in [-0.4, -0.2) is 25.7 Å². The number of nitrogens with zero attached hydrogens (tertiary/aromatic N) is 1. The number of hydrogen-bond donors (Lipinski definition) is 0. The van der Waals surface area contributed by atoms with Gasteiger partial charge in [0.2, 0.25) is 6.79 Å². The third-order valence-corrected chi connectivity index (χ3v) is 3.82. The Balaban J connectivity index is 1.82. The van der Waals surface area contributed by atoms with Gasteiger partial charge in [-0.25, -0.2) is 0 Å². The summed E-state index contributed by atoms with van der Waals surface area (Å²) in [4.78, 5) is 14.1. The van der Waals surface area contributed by atoms with Crippen LogP contribution >= 0.6 is 0 Å². The van der Waals surface area contributed by atoms with E-state index in [1.165, 1.54) is 0 Å². The first-order valence-corrected chi connectivity index (χ1v) is 6.24. The smallest absolute Gasteiger partial charge is 0.231 e. The fourth-order valence-corrected chi connectivity index (χ4v) is 2.32. The van der Waals surface area contributed by atoms with Gasteiger partial charge >= 0.3 is 0 Å². The summed E-state index contributed by atoms with van der Waals surface area (Å²) in [6.07, 6.45) is 0.889. The van der Waals surface area contributed by atoms with Crippen molar-refractivity contribution in [1.29, 1.82) is 0 Å². The first kappa shape index (κ1) is 11.4. The average Bonchev–Trinajstić information content (AvgIpc) is 2.79. The molecule has 0 radical (unpaired) electrons. The zero-order valence-corrected chi connectivity index (χ0v) is 10.7. The Labute approximate surface area is 106 Å². The standard InChI is InChI=1S/C14H17NO3/c1-14(2)5-6-15(8-13(14)16)10-3-4-11-12(7-10)18-9-17-11/h3-4,7H,5-6,8-9H2,1-2H3. The van der Waals surface area contributed by atoms with Gasteiger partial charge in [0.1, 0.15) is 0 Å². The maximum absolute atomic E-state index is 12.0. The fourth-order valence-electron chi connectivity index (χ4n) is 2.32. The second kappa shape index (κ2) is 3.90. The second-order valence-electron chi connectivity index (χ2n) is 5.52. The number of piperidine rings is 1. The summed E-state index contributed by atoms with van der Waals surface area (Å²) >= 11 is 0. The molecule has 0 unspecified atom stereocenters. The van der Waals surface area contributed by atoms with Gasteiger partial charge in [0.15, 0.2) is 17.3 Å². The van der Waals surface area contributed by atoms with Crippen LogP contribution in [0.4, 0.5) is 5.69 Å². The van der Waals surface area contributed by atoms with Crippen molar-refractivity contribution in [3.63, 3.8) is 0 Å². The lowest BCUT2D eigenvalue weighted by Gasteiger charge is -2.36. The fraction of sp³-hybridized carbons (Fsp3) is 0.500. The number of benzene rings is 1. The molecule has 1 saturated heterocycles. The van der Waals surface area contributed by atoms with E-state index in [1.807, 2.05) is 32.0 Å². The lowest BCUT2D eigenvalue weighted by atomic mass is 9.81. The van der Waals surface area contributed by atoms with Gasteiger partial charge in [-0.05, 0) is 18.6 Å². The van der Waals surface area contributed by atoms with E-state index in [0.717, 1.165) is 30.2 Å². The van der Waals surface area contributed by atoms with E-state index in [4.69, 9.17) is 9.47 Å². The van der Waals surface area contributed by atoms with Crippen LogP contribution in [0.5, 0.6) is 11.5 Å². The number of Topliss-reactive ketones (excluding diaryl/α,β-unsaturated/α-hetero) is 1. The largest absolute Gasteiger partial charge is 0.454 e. The summed E-state index contributed by atoms with van der Waals surface area (Å²) in [5.74, 6) is 1.85. The monoisotopic (exact) mass is 247 g/mol. The minimum atomic E-state index is -0.188. The van der Waals surface area contributed by atoms with Crippen molar-refractivity contribution in [2.75, 3.05) is 24.8 Å². The Morgan fingerprint density at radius 3 is 2.78 bits per heavy atom. The molecule has 0 atom stereocenters. The van der Waals surface area contributed by atoms with Crippen LogP contribution < -0.4 is 14.4 Å². The molecule has 4 heteroatoms. The van der Waals surface area contributed by atoms with Crippen molar-refractivity contribution >= 4 is 11.5 Å². The molecule has 0 aliphatic carbocycles. The zero-order valence-electron chi connectivity index (χ0n) is 10.7. The highest BCUT2D eigenvalue weighted by Gasteiger charge is 2.34. The Morgan fingerprint density at radius 2 is 2.00 bits per heavy atom. The SMILES string of the molecule is CC1(C)CCN(c2ccc3c(c2)OCO3)CC1=O. The van der Waals surface area contributed by atoms with Gasteiger partial charge in [-0.3, -0.25) is 4.79 Å². The summed E-state index contributed by atoms with van der Waals surface area (Å²) in [6, 6.07) is 5.84. The van der Waals surface area contributed by atoms with E-state index >= 15 is 0 Å². The van der Waals surface area contributed by atoms with Gasteiger partial charge in [-0.15, -0.1) is 0 Å². The van der Waals surface area contributed by atoms with Gasteiger partial charge in [0.05, 0.1) is 6.54 Å². The molecule has 0 N–H and O–H groups in total. The minimum absolute atomic E-state index is 0.188. The molecule has 2 heterocycles. The Hall–Kier alpha value is -1.71. The van der Waals surface area contributed by atoms with Gasteiger partial charge in [-0.2, -0.15) is 0 Å². The molecule has 18 heavy (non-hydrogen) atoms. The summed E-state index contributed by atoms with van der Waals surface area (Å²) < 4.78 is 10.7. The van der Waals surface area contributed by atoms with Crippen molar-refractivity contribution < 1.29 is 14.3 Å². The highest BCUT2D eigenvalue weighted by Crippen LogP contribution is 2.37. The molecule has 1 aromatic carbocycles. The number of hydrogen-bond acceptors (Lipinski definition) is 4. The number of ether oxygens (including phenoxy) is 2. The second-order valence-corrected chi connectivity index (χ2v) is 5.52. The van der Waals surface area contributed by atoms with E-state index in [-0.39, 0.29) is 12.2 Å². The third-order valence-electron chi connectivity index (χ3n) is 3.82. The van der Waals surface area contributed by atoms with Crippen LogP contribution in [0.1, 0.15) is 20.3 Å². The maximum atomic E-state index is 12.0. The first-order chi connectivity index (χ1) is 8.56. The molecule has 2 aliphatic rings. The Morgan fingerprint density at radius 1 is 1.22 bits per heavy atom. The summed E-state index contributed by atoms with van der Waals surface area (Å²) in [6.45, 7) is 5.70. The zero-order chi connectivity index (χ0) is 12.8. The van der Waals surface area contributed by atoms with Crippen LogP contribution in [0.3, 0.4) is 0 Å². The predicted octanol–water partition coefficient (Wildman–Crippen LogP) is 2.22. The molecule has 0 amide bonds. The van der Waals surface area contributed by atoms with Crippen LogP contribution in [-0.2, 0) is 4.79 Å². The number of carbonyl (C=O) groups is 1. The molecule has 1 fully saturated rings. The third kappa shape index (κ3) is 1.82. The molecule has 4 nitrogen and oxygen atoms in total. The Kier molecular flexibility index (Phi) is 2.47. The number of rotatable bonds is 1. The van der Waals surface area contributed by atoms with Crippen LogP contribution in [0.25, 0.3) is 0 Å². The average molecular weight is 247 g/mol. The number of ketones is 1. The molecule has 0 bridgehead atoms. The topological polar surface area (TPSA) is 38.8 Å². The lowest BCUT2D eigenvalue weighted by Crippen LogP contribution is -2.45. The molecule has 0 aromatic heterocycles. The minimum Gasteiger partial charge on any atom is -0.454 e. The summed E-state index contributed by atoms with van der Waals surface area (Å²) in [5.41, 5.74) is 0.843. The molecule has 96 valence electrons. The van der Waals surface area contributed by atoms with E-state index in [2.05, 4.69) is 4.90 Å². The molecule has 3 rings (SSSR count). The highest BCUT2D eigenvalue weighted by molar-refractivity contribution is 5.89. The van der Waals surface area contributed by atoms with Gasteiger partial charge in [-0.1, -0.05) is 13.8 Å². The van der Waals surface area contributed by atoms with E-state index in [1.54, 1.807) is 0 Å². The molecular formula is C14H17NO3. The van der Waals surface area contributed by atoms with Crippen molar-refractivity contribution in [3.8, 4) is 11.5 Å². The van der Waals surface area contributed by atoms with E-state index in [0.29, 0.717) is 12.3 Å². The van der Waals surface area contributed by atoms with E-state index in [9.17, 15) is 4.79 Å². The van der Waals surface area contributed by atoms with E-state index < -0.39 is 0 Å². The van der Waals surface area contributed by atoms with Crippen LogP contribution in [0.2, 0.25) is 0 Å². The number of fused-ring (bicyclic) bond motifs is 1. The summed E-state index contributed by atoms with van der Waals surface area (Å²) in [5, 5.41) is 0. The first-order valence-electron chi connectivity index (χ1n) is 6.24. The molecular weight excluding hydrogens is 230 g/mol. The van der Waals surface area contributed by atoms with Gasteiger partial charge < -0.3 is 14.4 Å². The lowest BCUT2D eigenvalue weighted by molar-refractivity contribution is -0.127. The predicted molar refractivity (Wildman–Crippen MR) is 68.2 cm³/mol. The van der Waals surface area contributed by atoms with Gasteiger partial charge in [0, 0.05) is 23.7 Å².